The summed E-state index contributed by atoms with van der Waals surface area (Å²) in [5, 5.41) is 7.52. The number of aromatic nitrogens is 2. The zero-order chi connectivity index (χ0) is 20.4. The maximum Gasteiger partial charge on any atom is 0.226 e. The standard InChI is InChI=1S/C22H23N3O4/c1-27-18-9-15(10-19(28-2)21(18)29-3)16-11-20(26)24-22-17(16)12-23-25(22)13-14-7-5-4-6-8-14/h4-10,12,16H,11,13H2,1-3H3,(H,24,26). The molecule has 1 N–H and O–H groups in total. The molecule has 150 valence electrons. The largest absolute Gasteiger partial charge is 0.493 e. The van der Waals surface area contributed by atoms with E-state index in [2.05, 4.69) is 10.4 Å². The number of amides is 1. The Morgan fingerprint density at radius 1 is 1.07 bits per heavy atom. The summed E-state index contributed by atoms with van der Waals surface area (Å²) in [4.78, 5) is 12.5. The van der Waals surface area contributed by atoms with E-state index in [0.29, 0.717) is 30.2 Å². The van der Waals surface area contributed by atoms with E-state index >= 15 is 0 Å². The van der Waals surface area contributed by atoms with E-state index in [4.69, 9.17) is 14.2 Å². The fourth-order valence-corrected chi connectivity index (χ4v) is 3.75. The number of carbonyl (C=O) groups excluding carboxylic acids is 1. The molecule has 29 heavy (non-hydrogen) atoms. The molecular formula is C22H23N3O4. The number of fused-ring (bicyclic) bond motifs is 1. The van der Waals surface area contributed by atoms with Gasteiger partial charge in [0.15, 0.2) is 11.5 Å². The van der Waals surface area contributed by atoms with Crippen molar-refractivity contribution in [2.75, 3.05) is 26.6 Å². The first-order valence-electron chi connectivity index (χ1n) is 9.34. The Bertz CT molecular complexity index is 1000. The third-order valence-corrected chi connectivity index (χ3v) is 5.16. The summed E-state index contributed by atoms with van der Waals surface area (Å²) in [5.41, 5.74) is 2.99. The minimum Gasteiger partial charge on any atom is -0.493 e. The van der Waals surface area contributed by atoms with E-state index in [0.717, 1.165) is 22.5 Å². The molecule has 1 atom stereocenters. The fraction of sp³-hybridized carbons (Fsp3) is 0.273. The lowest BCUT2D eigenvalue weighted by Crippen LogP contribution is -2.25. The molecular weight excluding hydrogens is 370 g/mol. The van der Waals surface area contributed by atoms with E-state index in [1.807, 2.05) is 53.3 Å². The van der Waals surface area contributed by atoms with Crippen molar-refractivity contribution >= 4 is 11.7 Å². The van der Waals surface area contributed by atoms with Crippen molar-refractivity contribution in [1.29, 1.82) is 0 Å². The third-order valence-electron chi connectivity index (χ3n) is 5.16. The van der Waals surface area contributed by atoms with Crippen molar-refractivity contribution in [3.63, 3.8) is 0 Å². The second kappa shape index (κ2) is 7.87. The van der Waals surface area contributed by atoms with E-state index in [-0.39, 0.29) is 11.8 Å². The molecule has 1 aromatic heterocycles. The fourth-order valence-electron chi connectivity index (χ4n) is 3.75. The van der Waals surface area contributed by atoms with E-state index in [1.54, 1.807) is 21.3 Å². The molecule has 1 amide bonds. The SMILES string of the molecule is COc1cc(C2CC(=O)Nc3c2cnn3Cc2ccccc2)cc(OC)c1OC. The van der Waals surface area contributed by atoms with Gasteiger partial charge in [0.1, 0.15) is 5.82 Å². The Morgan fingerprint density at radius 2 is 1.76 bits per heavy atom. The highest BCUT2D eigenvalue weighted by Gasteiger charge is 2.31. The number of hydrogen-bond acceptors (Lipinski definition) is 5. The van der Waals surface area contributed by atoms with Crippen LogP contribution in [0, 0.1) is 0 Å². The van der Waals surface area contributed by atoms with E-state index in [9.17, 15) is 4.79 Å². The molecule has 2 heterocycles. The normalized spacial score (nSPS) is 15.4. The Morgan fingerprint density at radius 3 is 2.38 bits per heavy atom. The van der Waals surface area contributed by atoms with E-state index in [1.165, 1.54) is 0 Å². The number of rotatable bonds is 6. The topological polar surface area (TPSA) is 74.6 Å². The zero-order valence-electron chi connectivity index (χ0n) is 16.6. The van der Waals surface area contributed by atoms with Crippen molar-refractivity contribution in [2.24, 2.45) is 0 Å². The molecule has 7 nitrogen and oxygen atoms in total. The maximum atomic E-state index is 12.5. The van der Waals surface area contributed by atoms with Crippen LogP contribution in [0.5, 0.6) is 17.2 Å². The summed E-state index contributed by atoms with van der Waals surface area (Å²) in [7, 11) is 4.73. The van der Waals surface area contributed by atoms with Crippen molar-refractivity contribution < 1.29 is 19.0 Å². The van der Waals surface area contributed by atoms with Crippen LogP contribution in [0.15, 0.2) is 48.7 Å². The van der Waals surface area contributed by atoms with Crippen LogP contribution in [-0.4, -0.2) is 37.0 Å². The van der Waals surface area contributed by atoms with Crippen LogP contribution in [0.2, 0.25) is 0 Å². The Kier molecular flexibility index (Phi) is 5.12. The number of ether oxygens (including phenoxy) is 3. The Hall–Kier alpha value is -3.48. The van der Waals surface area contributed by atoms with Crippen LogP contribution in [0.4, 0.5) is 5.82 Å². The molecule has 1 aliphatic rings. The average molecular weight is 393 g/mol. The van der Waals surface area contributed by atoms with Crippen molar-refractivity contribution in [2.45, 2.75) is 18.9 Å². The smallest absolute Gasteiger partial charge is 0.226 e. The maximum absolute atomic E-state index is 12.5. The highest BCUT2D eigenvalue weighted by atomic mass is 16.5. The zero-order valence-corrected chi connectivity index (χ0v) is 16.6. The molecule has 0 radical (unpaired) electrons. The van der Waals surface area contributed by atoms with Crippen molar-refractivity contribution in [1.82, 2.24) is 9.78 Å². The molecule has 1 unspecified atom stereocenters. The molecule has 0 saturated carbocycles. The molecule has 7 heteroatoms. The molecule has 0 aliphatic carbocycles. The van der Waals surface area contributed by atoms with Crippen LogP contribution >= 0.6 is 0 Å². The van der Waals surface area contributed by atoms with Crippen LogP contribution in [0.1, 0.15) is 29.0 Å². The monoisotopic (exact) mass is 393 g/mol. The molecule has 2 aromatic carbocycles. The number of nitrogens with zero attached hydrogens (tertiary/aromatic N) is 2. The van der Waals surface area contributed by atoms with Gasteiger partial charge in [-0.1, -0.05) is 30.3 Å². The number of methoxy groups -OCH3 is 3. The van der Waals surface area contributed by atoms with E-state index < -0.39 is 0 Å². The van der Waals surface area contributed by atoms with Gasteiger partial charge in [0, 0.05) is 17.9 Å². The summed E-state index contributed by atoms with van der Waals surface area (Å²) in [6, 6.07) is 13.8. The van der Waals surface area contributed by atoms with Gasteiger partial charge in [-0.15, -0.1) is 0 Å². The lowest BCUT2D eigenvalue weighted by molar-refractivity contribution is -0.116. The number of nitrogens with one attached hydrogen (secondary N) is 1. The third kappa shape index (κ3) is 3.51. The minimum absolute atomic E-state index is 0.0499. The van der Waals surface area contributed by atoms with Gasteiger partial charge in [0.2, 0.25) is 11.7 Å². The van der Waals surface area contributed by atoms with Crippen molar-refractivity contribution in [3.8, 4) is 17.2 Å². The number of hydrogen-bond donors (Lipinski definition) is 1. The first kappa shape index (κ1) is 18.9. The second-order valence-electron chi connectivity index (χ2n) is 6.86. The first-order chi connectivity index (χ1) is 14.1. The van der Waals surface area contributed by atoms with Gasteiger partial charge in [-0.25, -0.2) is 4.68 Å². The molecule has 0 bridgehead atoms. The molecule has 3 aromatic rings. The molecule has 1 aliphatic heterocycles. The average Bonchev–Trinajstić information content (AvgIpc) is 3.15. The van der Waals surface area contributed by atoms with Gasteiger partial charge in [-0.3, -0.25) is 4.79 Å². The van der Waals surface area contributed by atoms with Gasteiger partial charge < -0.3 is 19.5 Å². The van der Waals surface area contributed by atoms with Gasteiger partial charge >= 0.3 is 0 Å². The molecule has 0 fully saturated rings. The van der Waals surface area contributed by atoms with Crippen LogP contribution < -0.4 is 19.5 Å². The number of carbonyl (C=O) groups is 1. The van der Waals surface area contributed by atoms with Crippen LogP contribution in [0.3, 0.4) is 0 Å². The molecule has 4 rings (SSSR count). The van der Waals surface area contributed by atoms with Crippen LogP contribution in [0.25, 0.3) is 0 Å². The molecule has 0 spiro atoms. The quantitative estimate of drug-likeness (QED) is 0.695. The number of benzene rings is 2. The van der Waals surface area contributed by atoms with Crippen LogP contribution in [-0.2, 0) is 11.3 Å². The predicted molar refractivity (Wildman–Crippen MR) is 109 cm³/mol. The summed E-state index contributed by atoms with van der Waals surface area (Å²) in [5.74, 6) is 2.17. The summed E-state index contributed by atoms with van der Waals surface area (Å²) < 4.78 is 18.2. The van der Waals surface area contributed by atoms with Crippen molar-refractivity contribution in [3.05, 3.63) is 65.4 Å². The minimum atomic E-state index is -0.156. The highest BCUT2D eigenvalue weighted by Crippen LogP contribution is 2.44. The first-order valence-corrected chi connectivity index (χ1v) is 9.34. The van der Waals surface area contributed by atoms with Gasteiger partial charge in [0.05, 0.1) is 34.1 Å². The summed E-state index contributed by atoms with van der Waals surface area (Å²) >= 11 is 0. The predicted octanol–water partition coefficient (Wildman–Crippen LogP) is 3.43. The second-order valence-corrected chi connectivity index (χ2v) is 6.86. The summed E-state index contributed by atoms with van der Waals surface area (Å²) in [6.07, 6.45) is 2.15. The Labute approximate surface area is 169 Å². The summed E-state index contributed by atoms with van der Waals surface area (Å²) in [6.45, 7) is 0.582. The lowest BCUT2D eigenvalue weighted by Gasteiger charge is -2.25. The lowest BCUT2D eigenvalue weighted by atomic mass is 9.87. The Balaban J connectivity index is 1.75. The van der Waals surface area contributed by atoms with Gasteiger partial charge in [0.25, 0.3) is 0 Å². The highest BCUT2D eigenvalue weighted by molar-refractivity contribution is 5.94. The number of anilines is 1. The molecule has 0 saturated heterocycles. The van der Waals surface area contributed by atoms with Gasteiger partial charge in [-0.05, 0) is 23.3 Å². The van der Waals surface area contributed by atoms with Gasteiger partial charge in [-0.2, -0.15) is 5.10 Å².